The molecule has 108 valence electrons. The molecule has 21 heavy (non-hydrogen) atoms. The van der Waals surface area contributed by atoms with Crippen LogP contribution in [-0.4, -0.2) is 17.1 Å². The zero-order valence-corrected chi connectivity index (χ0v) is 12.4. The lowest BCUT2D eigenvalue weighted by Gasteiger charge is -2.05. The normalized spacial score (nSPS) is 10.8. The minimum absolute atomic E-state index is 0.416. The minimum atomic E-state index is 0.416. The number of aryl methyl sites for hydroxylation is 2. The van der Waals surface area contributed by atoms with Crippen molar-refractivity contribution in [1.82, 2.24) is 9.97 Å². The fraction of sp³-hybridized carbons (Fsp3) is 0.235. The highest BCUT2D eigenvalue weighted by Gasteiger charge is 2.05. The molecule has 0 aliphatic rings. The average Bonchev–Trinajstić information content (AvgIpc) is 2.88. The van der Waals surface area contributed by atoms with Crippen LogP contribution in [-0.2, 0) is 6.61 Å². The molecule has 0 unspecified atom stereocenters. The lowest BCUT2D eigenvalue weighted by molar-refractivity contribution is 0.297. The van der Waals surface area contributed by atoms with Crippen LogP contribution in [0.5, 0.6) is 11.5 Å². The third-order valence-electron chi connectivity index (χ3n) is 3.58. The zero-order chi connectivity index (χ0) is 14.8. The van der Waals surface area contributed by atoms with E-state index in [0.29, 0.717) is 6.61 Å². The van der Waals surface area contributed by atoms with E-state index in [1.165, 1.54) is 11.1 Å². The smallest absolute Gasteiger partial charge is 0.146 e. The molecule has 4 heteroatoms. The molecule has 0 aliphatic carbocycles. The fourth-order valence-electron chi connectivity index (χ4n) is 2.21. The van der Waals surface area contributed by atoms with Crippen LogP contribution in [0.4, 0.5) is 0 Å². The van der Waals surface area contributed by atoms with E-state index in [9.17, 15) is 0 Å². The Balaban J connectivity index is 1.75. The van der Waals surface area contributed by atoms with Gasteiger partial charge < -0.3 is 14.5 Å². The Kier molecular flexibility index (Phi) is 3.52. The number of imidazole rings is 1. The number of fused-ring (bicyclic) bond motifs is 1. The Morgan fingerprint density at radius 3 is 2.38 bits per heavy atom. The first-order valence-corrected chi connectivity index (χ1v) is 6.88. The Bertz CT molecular complexity index is 721. The van der Waals surface area contributed by atoms with Crippen molar-refractivity contribution in [3.63, 3.8) is 0 Å². The lowest BCUT2D eigenvalue weighted by atomic mass is 10.1. The highest BCUT2D eigenvalue weighted by Crippen LogP contribution is 2.20. The molecule has 0 radical (unpaired) electrons. The molecule has 1 N–H and O–H groups in total. The maximum atomic E-state index is 5.73. The maximum Gasteiger partial charge on any atom is 0.146 e. The second kappa shape index (κ2) is 5.48. The molecule has 1 aromatic heterocycles. The van der Waals surface area contributed by atoms with Crippen LogP contribution in [0.3, 0.4) is 0 Å². The first kappa shape index (κ1) is 13.5. The first-order valence-electron chi connectivity index (χ1n) is 6.88. The lowest BCUT2D eigenvalue weighted by Crippen LogP contribution is -1.97. The van der Waals surface area contributed by atoms with Crippen molar-refractivity contribution in [3.05, 3.63) is 53.3 Å². The number of benzene rings is 2. The summed E-state index contributed by atoms with van der Waals surface area (Å²) in [5, 5.41) is 0. The molecule has 0 fully saturated rings. The molecule has 0 aliphatic heterocycles. The monoisotopic (exact) mass is 282 g/mol. The molecule has 0 atom stereocenters. The van der Waals surface area contributed by atoms with Crippen LogP contribution in [0.1, 0.15) is 17.0 Å². The molecule has 0 saturated heterocycles. The van der Waals surface area contributed by atoms with Gasteiger partial charge in [0.25, 0.3) is 0 Å². The van der Waals surface area contributed by atoms with Gasteiger partial charge in [0.05, 0.1) is 18.1 Å². The molecule has 1 heterocycles. The predicted octanol–water partition coefficient (Wildman–Crippen LogP) is 3.77. The molecule has 0 spiro atoms. The van der Waals surface area contributed by atoms with Crippen molar-refractivity contribution in [3.8, 4) is 11.5 Å². The van der Waals surface area contributed by atoms with Gasteiger partial charge in [-0.3, -0.25) is 0 Å². The van der Waals surface area contributed by atoms with Crippen molar-refractivity contribution in [2.75, 3.05) is 7.11 Å². The summed E-state index contributed by atoms with van der Waals surface area (Å²) < 4.78 is 10.9. The van der Waals surface area contributed by atoms with Gasteiger partial charge in [-0.15, -0.1) is 0 Å². The van der Waals surface area contributed by atoms with E-state index in [0.717, 1.165) is 28.4 Å². The summed E-state index contributed by atoms with van der Waals surface area (Å²) >= 11 is 0. The van der Waals surface area contributed by atoms with Crippen molar-refractivity contribution in [2.24, 2.45) is 0 Å². The fourth-order valence-corrected chi connectivity index (χ4v) is 2.21. The number of ether oxygens (including phenoxy) is 2. The van der Waals surface area contributed by atoms with Crippen molar-refractivity contribution < 1.29 is 9.47 Å². The van der Waals surface area contributed by atoms with Crippen molar-refractivity contribution in [1.29, 1.82) is 0 Å². The Hall–Kier alpha value is -2.49. The number of methoxy groups -OCH3 is 1. The second-order valence-corrected chi connectivity index (χ2v) is 5.10. The molecular weight excluding hydrogens is 264 g/mol. The van der Waals surface area contributed by atoms with Crippen LogP contribution in [0.15, 0.2) is 36.4 Å². The van der Waals surface area contributed by atoms with Crippen LogP contribution < -0.4 is 9.47 Å². The van der Waals surface area contributed by atoms with E-state index >= 15 is 0 Å². The highest BCUT2D eigenvalue weighted by molar-refractivity contribution is 5.77. The summed E-state index contributed by atoms with van der Waals surface area (Å²) in [6, 6.07) is 11.7. The Morgan fingerprint density at radius 2 is 1.67 bits per heavy atom. The summed E-state index contributed by atoms with van der Waals surface area (Å²) in [5.41, 5.74) is 4.53. The third kappa shape index (κ3) is 2.84. The SMILES string of the molecule is COc1ccc(OCc2nc3cc(C)c(C)cc3[nH]2)cc1. The predicted molar refractivity (Wildman–Crippen MR) is 82.9 cm³/mol. The van der Waals surface area contributed by atoms with E-state index in [4.69, 9.17) is 9.47 Å². The summed E-state index contributed by atoms with van der Waals surface area (Å²) in [7, 11) is 1.65. The van der Waals surface area contributed by atoms with E-state index in [2.05, 4.69) is 35.9 Å². The number of hydrogen-bond donors (Lipinski definition) is 1. The number of aromatic nitrogens is 2. The van der Waals surface area contributed by atoms with Crippen LogP contribution in [0.2, 0.25) is 0 Å². The maximum absolute atomic E-state index is 5.73. The highest BCUT2D eigenvalue weighted by atomic mass is 16.5. The van der Waals surface area contributed by atoms with E-state index < -0.39 is 0 Å². The number of rotatable bonds is 4. The molecule has 3 aromatic rings. The van der Waals surface area contributed by atoms with Crippen LogP contribution >= 0.6 is 0 Å². The van der Waals surface area contributed by atoms with Gasteiger partial charge in [0.2, 0.25) is 0 Å². The molecule has 0 amide bonds. The van der Waals surface area contributed by atoms with Gasteiger partial charge >= 0.3 is 0 Å². The number of nitrogens with one attached hydrogen (secondary N) is 1. The van der Waals surface area contributed by atoms with Gasteiger partial charge in [-0.25, -0.2) is 4.98 Å². The molecule has 0 bridgehead atoms. The summed E-state index contributed by atoms with van der Waals surface area (Å²) in [4.78, 5) is 7.85. The topological polar surface area (TPSA) is 47.1 Å². The third-order valence-corrected chi connectivity index (χ3v) is 3.58. The second-order valence-electron chi connectivity index (χ2n) is 5.10. The van der Waals surface area contributed by atoms with E-state index in [-0.39, 0.29) is 0 Å². The Morgan fingerprint density at radius 1 is 1.00 bits per heavy atom. The summed E-state index contributed by atoms with van der Waals surface area (Å²) in [6.45, 7) is 4.61. The molecule has 3 rings (SSSR count). The van der Waals surface area contributed by atoms with Gasteiger partial charge in [-0.2, -0.15) is 0 Å². The van der Waals surface area contributed by atoms with Gasteiger partial charge in [-0.1, -0.05) is 0 Å². The largest absolute Gasteiger partial charge is 0.497 e. The standard InChI is InChI=1S/C17H18N2O2/c1-11-8-15-16(9-12(11)2)19-17(18-15)10-21-14-6-4-13(20-3)5-7-14/h4-9H,10H2,1-3H3,(H,18,19). The van der Waals surface area contributed by atoms with Gasteiger partial charge in [-0.05, 0) is 61.4 Å². The molecule has 4 nitrogen and oxygen atoms in total. The quantitative estimate of drug-likeness (QED) is 0.792. The number of hydrogen-bond acceptors (Lipinski definition) is 3. The molecular formula is C17H18N2O2. The minimum Gasteiger partial charge on any atom is -0.497 e. The zero-order valence-electron chi connectivity index (χ0n) is 12.4. The number of aromatic amines is 1. The van der Waals surface area contributed by atoms with Crippen molar-refractivity contribution in [2.45, 2.75) is 20.5 Å². The van der Waals surface area contributed by atoms with Crippen LogP contribution in [0, 0.1) is 13.8 Å². The molecule has 2 aromatic carbocycles. The van der Waals surface area contributed by atoms with Crippen LogP contribution in [0.25, 0.3) is 11.0 Å². The van der Waals surface area contributed by atoms with Crippen molar-refractivity contribution >= 4 is 11.0 Å². The van der Waals surface area contributed by atoms with E-state index in [1.807, 2.05) is 24.3 Å². The molecule has 0 saturated carbocycles. The Labute approximate surface area is 123 Å². The summed E-state index contributed by atoms with van der Waals surface area (Å²) in [5.74, 6) is 2.44. The van der Waals surface area contributed by atoms with Gasteiger partial charge in [0.15, 0.2) is 0 Å². The van der Waals surface area contributed by atoms with Gasteiger partial charge in [0, 0.05) is 0 Å². The number of H-pyrrole nitrogens is 1. The number of nitrogens with zero attached hydrogens (tertiary/aromatic N) is 1. The summed E-state index contributed by atoms with van der Waals surface area (Å²) in [6.07, 6.45) is 0. The average molecular weight is 282 g/mol. The van der Waals surface area contributed by atoms with E-state index in [1.54, 1.807) is 7.11 Å². The first-order chi connectivity index (χ1) is 10.2. The van der Waals surface area contributed by atoms with Gasteiger partial charge in [0.1, 0.15) is 23.9 Å².